The van der Waals surface area contributed by atoms with Crippen LogP contribution in [0.5, 0.6) is 5.75 Å². The first kappa shape index (κ1) is 19.0. The molecule has 0 aliphatic heterocycles. The van der Waals surface area contributed by atoms with Gasteiger partial charge in [0.05, 0.1) is 24.2 Å². The molecular weight excluding hydrogens is 364 g/mol. The van der Waals surface area contributed by atoms with Gasteiger partial charge in [-0.15, -0.1) is 10.2 Å². The van der Waals surface area contributed by atoms with Crippen LogP contribution in [0.25, 0.3) is 11.4 Å². The molecule has 142 valence electrons. The number of furan rings is 1. The molecule has 7 nitrogen and oxygen atoms in total. The summed E-state index contributed by atoms with van der Waals surface area (Å²) >= 11 is 1.36. The van der Waals surface area contributed by atoms with Crippen molar-refractivity contribution in [2.24, 2.45) is 0 Å². The van der Waals surface area contributed by atoms with E-state index >= 15 is 0 Å². The van der Waals surface area contributed by atoms with Crippen LogP contribution in [-0.2, 0) is 11.3 Å². The van der Waals surface area contributed by atoms with Gasteiger partial charge in [0.15, 0.2) is 11.0 Å². The Morgan fingerprint density at radius 3 is 2.63 bits per heavy atom. The molecular formula is C19H22N4O3S. The third-order valence-electron chi connectivity index (χ3n) is 3.91. The summed E-state index contributed by atoms with van der Waals surface area (Å²) in [4.78, 5) is 12.2. The first-order valence-electron chi connectivity index (χ1n) is 8.75. The molecule has 1 aromatic carbocycles. The fraction of sp³-hybridized carbons (Fsp3) is 0.316. The maximum Gasteiger partial charge on any atom is 0.234 e. The number of carbonyl (C=O) groups excluding carboxylic acids is 1. The number of aryl methyl sites for hydroxylation is 1. The van der Waals surface area contributed by atoms with Gasteiger partial charge in [0, 0.05) is 12.2 Å². The molecule has 3 aromatic rings. The van der Waals surface area contributed by atoms with Crippen molar-refractivity contribution in [1.82, 2.24) is 14.8 Å². The molecule has 0 saturated heterocycles. The highest BCUT2D eigenvalue weighted by atomic mass is 32.2. The van der Waals surface area contributed by atoms with Crippen molar-refractivity contribution in [2.75, 3.05) is 17.7 Å². The summed E-state index contributed by atoms with van der Waals surface area (Å²) in [6, 6.07) is 9.18. The Morgan fingerprint density at radius 1 is 1.22 bits per heavy atom. The highest BCUT2D eigenvalue weighted by molar-refractivity contribution is 7.99. The Hall–Kier alpha value is -2.74. The molecule has 27 heavy (non-hydrogen) atoms. The van der Waals surface area contributed by atoms with Crippen LogP contribution in [0.3, 0.4) is 0 Å². The van der Waals surface area contributed by atoms with Crippen LogP contribution in [0.15, 0.2) is 46.2 Å². The van der Waals surface area contributed by atoms with E-state index < -0.39 is 0 Å². The summed E-state index contributed by atoms with van der Waals surface area (Å²) in [6.45, 7) is 7.16. The number of carbonyl (C=O) groups is 1. The van der Waals surface area contributed by atoms with Crippen molar-refractivity contribution in [3.8, 4) is 17.1 Å². The fourth-order valence-corrected chi connectivity index (χ4v) is 3.43. The normalized spacial score (nSPS) is 10.8. The highest BCUT2D eigenvalue weighted by Crippen LogP contribution is 2.27. The van der Waals surface area contributed by atoms with Crippen LogP contribution in [0, 0.1) is 6.92 Å². The van der Waals surface area contributed by atoms with Gasteiger partial charge in [-0.05, 0) is 51.1 Å². The third-order valence-corrected chi connectivity index (χ3v) is 4.88. The van der Waals surface area contributed by atoms with E-state index in [2.05, 4.69) is 15.5 Å². The van der Waals surface area contributed by atoms with Gasteiger partial charge in [0.1, 0.15) is 11.5 Å². The average molecular weight is 386 g/mol. The lowest BCUT2D eigenvalue weighted by Crippen LogP contribution is -2.14. The molecule has 1 amide bonds. The molecule has 0 spiro atoms. The fourth-order valence-electron chi connectivity index (χ4n) is 2.63. The second kappa shape index (κ2) is 8.77. The molecule has 2 aromatic heterocycles. The lowest BCUT2D eigenvalue weighted by Gasteiger charge is -2.08. The molecule has 8 heteroatoms. The number of rotatable bonds is 8. The Morgan fingerprint density at radius 2 is 2.00 bits per heavy atom. The van der Waals surface area contributed by atoms with E-state index in [9.17, 15) is 4.79 Å². The molecule has 0 radical (unpaired) electrons. The molecule has 1 N–H and O–H groups in total. The number of thioether (sulfide) groups is 1. The lowest BCUT2D eigenvalue weighted by atomic mass is 10.2. The molecule has 0 unspecified atom stereocenters. The number of ether oxygens (including phenoxy) is 1. The SMILES string of the molecule is CCOc1ccc(NC(=O)CSc2nnc(-c3ccoc3C)n2CC)cc1. The van der Waals surface area contributed by atoms with Crippen LogP contribution in [0.2, 0.25) is 0 Å². The van der Waals surface area contributed by atoms with Crippen LogP contribution in [0.1, 0.15) is 19.6 Å². The van der Waals surface area contributed by atoms with Crippen molar-refractivity contribution in [2.45, 2.75) is 32.5 Å². The summed E-state index contributed by atoms with van der Waals surface area (Å²) in [5.41, 5.74) is 1.64. The first-order chi connectivity index (χ1) is 13.1. The van der Waals surface area contributed by atoms with Crippen LogP contribution >= 0.6 is 11.8 Å². The zero-order chi connectivity index (χ0) is 19.2. The minimum Gasteiger partial charge on any atom is -0.494 e. The molecule has 0 bridgehead atoms. The van der Waals surface area contributed by atoms with Crippen molar-refractivity contribution < 1.29 is 13.9 Å². The predicted molar refractivity (Wildman–Crippen MR) is 105 cm³/mol. The van der Waals surface area contributed by atoms with E-state index in [0.717, 1.165) is 28.6 Å². The number of anilines is 1. The van der Waals surface area contributed by atoms with E-state index in [1.54, 1.807) is 6.26 Å². The lowest BCUT2D eigenvalue weighted by molar-refractivity contribution is -0.113. The van der Waals surface area contributed by atoms with Crippen LogP contribution in [0.4, 0.5) is 5.69 Å². The Kier molecular flexibility index (Phi) is 6.18. The van der Waals surface area contributed by atoms with Crippen LogP contribution in [-0.4, -0.2) is 33.0 Å². The first-order valence-corrected chi connectivity index (χ1v) is 9.74. The number of hydrogen-bond acceptors (Lipinski definition) is 6. The molecule has 0 atom stereocenters. The van der Waals surface area contributed by atoms with Gasteiger partial charge in [-0.25, -0.2) is 0 Å². The molecule has 0 aliphatic rings. The maximum absolute atomic E-state index is 12.2. The van der Waals surface area contributed by atoms with Gasteiger partial charge < -0.3 is 19.0 Å². The van der Waals surface area contributed by atoms with Crippen molar-refractivity contribution >= 4 is 23.4 Å². The van der Waals surface area contributed by atoms with Crippen molar-refractivity contribution in [1.29, 1.82) is 0 Å². The van der Waals surface area contributed by atoms with Gasteiger partial charge in [-0.2, -0.15) is 0 Å². The summed E-state index contributed by atoms with van der Waals surface area (Å²) in [5, 5.41) is 12.1. The van der Waals surface area contributed by atoms with E-state index in [4.69, 9.17) is 9.15 Å². The van der Waals surface area contributed by atoms with Crippen LogP contribution < -0.4 is 10.1 Å². The van der Waals surface area contributed by atoms with E-state index in [-0.39, 0.29) is 11.7 Å². The minimum absolute atomic E-state index is 0.101. The zero-order valence-electron chi connectivity index (χ0n) is 15.6. The third kappa shape index (κ3) is 4.51. The monoisotopic (exact) mass is 386 g/mol. The quantitative estimate of drug-likeness (QED) is 0.589. The number of nitrogens with one attached hydrogen (secondary N) is 1. The topological polar surface area (TPSA) is 82.2 Å². The second-order valence-electron chi connectivity index (χ2n) is 5.74. The molecule has 2 heterocycles. The van der Waals surface area contributed by atoms with Gasteiger partial charge in [0.25, 0.3) is 0 Å². The van der Waals surface area contributed by atoms with Gasteiger partial charge in [-0.3, -0.25) is 4.79 Å². The summed E-state index contributed by atoms with van der Waals surface area (Å²) < 4.78 is 12.7. The Bertz CT molecular complexity index is 902. The predicted octanol–water partition coefficient (Wildman–Crippen LogP) is 4.00. The van der Waals surface area contributed by atoms with E-state index in [1.165, 1.54) is 11.8 Å². The number of amides is 1. The summed E-state index contributed by atoms with van der Waals surface area (Å²) in [6.07, 6.45) is 1.64. The van der Waals surface area contributed by atoms with Gasteiger partial charge >= 0.3 is 0 Å². The van der Waals surface area contributed by atoms with E-state index in [0.29, 0.717) is 18.3 Å². The Balaban J connectivity index is 1.62. The summed E-state index contributed by atoms with van der Waals surface area (Å²) in [5.74, 6) is 2.47. The van der Waals surface area contributed by atoms with Crippen molar-refractivity contribution in [3.05, 3.63) is 42.4 Å². The zero-order valence-corrected chi connectivity index (χ0v) is 16.4. The second-order valence-corrected chi connectivity index (χ2v) is 6.68. The van der Waals surface area contributed by atoms with Gasteiger partial charge in [-0.1, -0.05) is 11.8 Å². The highest BCUT2D eigenvalue weighted by Gasteiger charge is 2.17. The number of aromatic nitrogens is 3. The molecule has 0 saturated carbocycles. The minimum atomic E-state index is -0.101. The largest absolute Gasteiger partial charge is 0.494 e. The Labute approximate surface area is 162 Å². The number of hydrogen-bond donors (Lipinski definition) is 1. The van der Waals surface area contributed by atoms with Gasteiger partial charge in [0.2, 0.25) is 5.91 Å². The molecule has 0 fully saturated rings. The summed E-state index contributed by atoms with van der Waals surface area (Å²) in [7, 11) is 0. The maximum atomic E-state index is 12.2. The van der Waals surface area contributed by atoms with E-state index in [1.807, 2.05) is 55.7 Å². The van der Waals surface area contributed by atoms with Crippen molar-refractivity contribution in [3.63, 3.8) is 0 Å². The standard InChI is InChI=1S/C19H22N4O3S/c1-4-23-18(16-10-11-26-13(16)3)21-22-19(23)27-12-17(24)20-14-6-8-15(9-7-14)25-5-2/h6-11H,4-5,12H2,1-3H3,(H,20,24). The number of benzene rings is 1. The molecule has 3 rings (SSSR count). The molecule has 0 aliphatic carbocycles. The average Bonchev–Trinajstić information content (AvgIpc) is 3.27. The smallest absolute Gasteiger partial charge is 0.234 e. The number of nitrogens with zero attached hydrogens (tertiary/aromatic N) is 3.